The molecule has 1 radical (unpaired) electrons. The highest BCUT2D eigenvalue weighted by molar-refractivity contribution is 6.17. The molecule has 1 rings (SSSR count). The lowest BCUT2D eigenvalue weighted by Crippen LogP contribution is -2.19. The molecular formula is C18H23O4. The van der Waals surface area contributed by atoms with Gasteiger partial charge in [-0.25, -0.2) is 9.59 Å². The first-order valence-electron chi connectivity index (χ1n) is 7.71. The minimum Gasteiger partial charge on any atom is -0.462 e. The number of carbonyl (C=O) groups is 2. The van der Waals surface area contributed by atoms with E-state index in [0.29, 0.717) is 13.2 Å². The number of hydrogen-bond acceptors (Lipinski definition) is 4. The van der Waals surface area contributed by atoms with Gasteiger partial charge in [-0.2, -0.15) is 0 Å². The van der Waals surface area contributed by atoms with Gasteiger partial charge >= 0.3 is 11.9 Å². The molecule has 0 N–H and O–H groups in total. The summed E-state index contributed by atoms with van der Waals surface area (Å²) in [5.41, 5.74) is 0.659. The lowest BCUT2D eigenvalue weighted by atomic mass is 10.1. The molecule has 0 amide bonds. The number of hydrogen-bond donors (Lipinski definition) is 0. The smallest absolute Gasteiger partial charge is 0.345 e. The van der Waals surface area contributed by atoms with Crippen LogP contribution in [0.4, 0.5) is 0 Å². The molecule has 1 aromatic rings. The Morgan fingerprint density at radius 3 is 1.95 bits per heavy atom. The highest BCUT2D eigenvalue weighted by Crippen LogP contribution is 2.11. The standard InChI is InChI=1S/C18H23O4/c1-3-5-12-21-17(19)16(18(20)22-13-6-4-2)14-15-10-8-7-9-11-15/h8-11,14H,3-6,12-13H2,1-2H3. The summed E-state index contributed by atoms with van der Waals surface area (Å²) in [5, 5.41) is 0. The minimum absolute atomic E-state index is 0.0709. The van der Waals surface area contributed by atoms with Gasteiger partial charge in [-0.1, -0.05) is 51.0 Å². The van der Waals surface area contributed by atoms with Crippen LogP contribution in [0.2, 0.25) is 0 Å². The van der Waals surface area contributed by atoms with Crippen LogP contribution in [0.25, 0.3) is 6.08 Å². The van der Waals surface area contributed by atoms with E-state index < -0.39 is 11.9 Å². The van der Waals surface area contributed by atoms with Crippen LogP contribution in [0.3, 0.4) is 0 Å². The monoisotopic (exact) mass is 303 g/mol. The Morgan fingerprint density at radius 1 is 1.00 bits per heavy atom. The summed E-state index contributed by atoms with van der Waals surface area (Å²) in [6.45, 7) is 4.61. The van der Waals surface area contributed by atoms with Crippen LogP contribution in [0.5, 0.6) is 0 Å². The SMILES string of the molecule is CCCCOC(=O)C(=Cc1cc[c]cc1)C(=O)OCCCC. The fourth-order valence-electron chi connectivity index (χ4n) is 1.64. The second kappa shape index (κ2) is 10.6. The van der Waals surface area contributed by atoms with E-state index in [9.17, 15) is 9.59 Å². The molecule has 0 saturated heterocycles. The Bertz CT molecular complexity index is 467. The second-order valence-corrected chi connectivity index (χ2v) is 4.87. The van der Waals surface area contributed by atoms with Crippen molar-refractivity contribution in [2.75, 3.05) is 13.2 Å². The zero-order chi connectivity index (χ0) is 16.2. The Labute approximate surface area is 132 Å². The number of ether oxygens (including phenoxy) is 2. The average Bonchev–Trinajstić information content (AvgIpc) is 2.54. The maximum Gasteiger partial charge on any atom is 0.345 e. The zero-order valence-corrected chi connectivity index (χ0v) is 13.3. The van der Waals surface area contributed by atoms with E-state index in [4.69, 9.17) is 9.47 Å². The third-order valence-electron chi connectivity index (χ3n) is 2.96. The Balaban J connectivity index is 2.82. The number of unbranched alkanes of at least 4 members (excludes halogenated alkanes) is 2. The molecule has 22 heavy (non-hydrogen) atoms. The van der Waals surface area contributed by atoms with Crippen LogP contribution in [0.15, 0.2) is 29.8 Å². The number of carbonyl (C=O) groups excluding carboxylic acids is 2. The van der Waals surface area contributed by atoms with Gasteiger partial charge in [-0.3, -0.25) is 0 Å². The van der Waals surface area contributed by atoms with E-state index in [-0.39, 0.29) is 5.57 Å². The van der Waals surface area contributed by atoms with Crippen molar-refractivity contribution in [2.45, 2.75) is 39.5 Å². The summed E-state index contributed by atoms with van der Waals surface area (Å²) in [6.07, 6.45) is 4.87. The van der Waals surface area contributed by atoms with E-state index >= 15 is 0 Å². The van der Waals surface area contributed by atoms with E-state index in [1.807, 2.05) is 13.8 Å². The molecule has 0 saturated carbocycles. The normalized spacial score (nSPS) is 9.91. The summed E-state index contributed by atoms with van der Waals surface area (Å²) < 4.78 is 10.3. The lowest BCUT2D eigenvalue weighted by Gasteiger charge is -2.08. The van der Waals surface area contributed by atoms with E-state index in [2.05, 4.69) is 6.07 Å². The molecule has 0 aliphatic heterocycles. The van der Waals surface area contributed by atoms with Gasteiger partial charge in [0.25, 0.3) is 0 Å². The van der Waals surface area contributed by atoms with Gasteiger partial charge in [-0.05, 0) is 30.5 Å². The molecule has 0 bridgehead atoms. The van der Waals surface area contributed by atoms with Crippen molar-refractivity contribution < 1.29 is 19.1 Å². The molecule has 0 fully saturated rings. The molecule has 1 aromatic carbocycles. The molecule has 0 unspecified atom stereocenters. The Morgan fingerprint density at radius 2 is 1.50 bits per heavy atom. The van der Waals surface area contributed by atoms with Crippen molar-refractivity contribution >= 4 is 18.0 Å². The van der Waals surface area contributed by atoms with Crippen molar-refractivity contribution in [3.05, 3.63) is 41.5 Å². The van der Waals surface area contributed by atoms with Gasteiger partial charge in [0.05, 0.1) is 13.2 Å². The Kier molecular flexibility index (Phi) is 8.65. The van der Waals surface area contributed by atoms with Crippen molar-refractivity contribution in [3.8, 4) is 0 Å². The number of rotatable bonds is 9. The fourth-order valence-corrected chi connectivity index (χ4v) is 1.64. The zero-order valence-electron chi connectivity index (χ0n) is 13.3. The molecule has 0 atom stereocenters. The Hall–Kier alpha value is -2.10. The van der Waals surface area contributed by atoms with Crippen molar-refractivity contribution in [1.29, 1.82) is 0 Å². The van der Waals surface area contributed by atoms with Crippen LogP contribution in [0.1, 0.15) is 45.1 Å². The molecule has 4 nitrogen and oxygen atoms in total. The molecule has 119 valence electrons. The topological polar surface area (TPSA) is 52.6 Å². The quantitative estimate of drug-likeness (QED) is 0.230. The van der Waals surface area contributed by atoms with Crippen molar-refractivity contribution in [3.63, 3.8) is 0 Å². The molecule has 4 heteroatoms. The maximum absolute atomic E-state index is 12.1. The molecule has 0 aliphatic carbocycles. The van der Waals surface area contributed by atoms with Crippen molar-refractivity contribution in [1.82, 2.24) is 0 Å². The van der Waals surface area contributed by atoms with E-state index in [0.717, 1.165) is 31.2 Å². The van der Waals surface area contributed by atoms with Gasteiger partial charge in [0.2, 0.25) is 0 Å². The third-order valence-corrected chi connectivity index (χ3v) is 2.96. The second-order valence-electron chi connectivity index (χ2n) is 4.87. The van der Waals surface area contributed by atoms with Crippen LogP contribution in [-0.2, 0) is 19.1 Å². The molecule has 0 aliphatic rings. The summed E-state index contributed by atoms with van der Waals surface area (Å²) in [4.78, 5) is 24.2. The lowest BCUT2D eigenvalue weighted by molar-refractivity contribution is -0.147. The summed E-state index contributed by atoms with van der Waals surface area (Å²) in [7, 11) is 0. The van der Waals surface area contributed by atoms with Crippen molar-refractivity contribution in [2.24, 2.45) is 0 Å². The molecule has 0 aromatic heterocycles. The maximum atomic E-state index is 12.1. The summed E-state index contributed by atoms with van der Waals surface area (Å²) >= 11 is 0. The third kappa shape index (κ3) is 6.57. The largest absolute Gasteiger partial charge is 0.462 e. The average molecular weight is 303 g/mol. The van der Waals surface area contributed by atoms with Gasteiger partial charge in [0.15, 0.2) is 0 Å². The number of esters is 2. The van der Waals surface area contributed by atoms with Crippen LogP contribution in [-0.4, -0.2) is 25.2 Å². The van der Waals surface area contributed by atoms with Gasteiger partial charge < -0.3 is 9.47 Å². The predicted molar refractivity (Wildman–Crippen MR) is 85.0 cm³/mol. The van der Waals surface area contributed by atoms with Gasteiger partial charge in [0.1, 0.15) is 5.57 Å². The fraction of sp³-hybridized carbons (Fsp3) is 0.444. The summed E-state index contributed by atoms with van der Waals surface area (Å²) in [6, 6.07) is 9.84. The first-order valence-corrected chi connectivity index (χ1v) is 7.71. The van der Waals surface area contributed by atoms with E-state index in [1.54, 1.807) is 24.3 Å². The van der Waals surface area contributed by atoms with Crippen LogP contribution < -0.4 is 0 Å². The highest BCUT2D eigenvalue weighted by atomic mass is 16.6. The first-order chi connectivity index (χ1) is 10.7. The molecular weight excluding hydrogens is 280 g/mol. The minimum atomic E-state index is -0.636. The first kappa shape index (κ1) is 18.0. The molecule has 0 heterocycles. The van der Waals surface area contributed by atoms with Gasteiger partial charge in [0, 0.05) is 0 Å². The van der Waals surface area contributed by atoms with E-state index in [1.165, 1.54) is 6.08 Å². The van der Waals surface area contributed by atoms with Gasteiger partial charge in [-0.15, -0.1) is 0 Å². The predicted octanol–water partition coefficient (Wildman–Crippen LogP) is 3.56. The highest BCUT2D eigenvalue weighted by Gasteiger charge is 2.21. The summed E-state index contributed by atoms with van der Waals surface area (Å²) in [5.74, 6) is -1.27. The van der Waals surface area contributed by atoms with Crippen LogP contribution in [0, 0.1) is 6.07 Å². The number of benzene rings is 1. The van der Waals surface area contributed by atoms with Crippen LogP contribution >= 0.6 is 0 Å². The molecule has 0 spiro atoms.